The second kappa shape index (κ2) is 7.28. The average molecular weight is 290 g/mol. The van der Waals surface area contributed by atoms with Gasteiger partial charge in [-0.2, -0.15) is 0 Å². The molecule has 0 spiro atoms. The number of hydrogen-bond donors (Lipinski definition) is 1. The predicted octanol–water partition coefficient (Wildman–Crippen LogP) is 3.61. The molecule has 1 fully saturated rings. The van der Waals surface area contributed by atoms with Crippen LogP contribution in [0.5, 0.6) is 5.75 Å². The van der Waals surface area contributed by atoms with Crippen molar-refractivity contribution in [3.63, 3.8) is 0 Å². The molecule has 2 rings (SSSR count). The number of ether oxygens (including phenoxy) is 1. The molecule has 0 aliphatic heterocycles. The number of hydrogen-bond acceptors (Lipinski definition) is 3. The first-order valence-corrected chi connectivity index (χ1v) is 8.21. The van der Waals surface area contributed by atoms with Gasteiger partial charge in [0.25, 0.3) is 0 Å². The summed E-state index contributed by atoms with van der Waals surface area (Å²) in [6.07, 6.45) is 5.33. The van der Waals surface area contributed by atoms with Crippen LogP contribution >= 0.6 is 0 Å². The Balaban J connectivity index is 1.93. The number of nitrogens with one attached hydrogen (secondary N) is 1. The Morgan fingerprint density at radius 2 is 1.81 bits per heavy atom. The van der Waals surface area contributed by atoms with Crippen LogP contribution in [0.3, 0.4) is 0 Å². The van der Waals surface area contributed by atoms with Gasteiger partial charge >= 0.3 is 0 Å². The molecule has 3 nitrogen and oxygen atoms in total. The summed E-state index contributed by atoms with van der Waals surface area (Å²) < 4.78 is 5.50. The van der Waals surface area contributed by atoms with E-state index in [0.717, 1.165) is 18.9 Å². The van der Waals surface area contributed by atoms with Crippen LogP contribution in [-0.4, -0.2) is 37.7 Å². The molecule has 1 N–H and O–H groups in total. The second-order valence-electron chi connectivity index (χ2n) is 6.43. The summed E-state index contributed by atoms with van der Waals surface area (Å²) in [6.45, 7) is 6.04. The van der Waals surface area contributed by atoms with Gasteiger partial charge in [-0.3, -0.25) is 0 Å². The SMILES string of the molecule is CCOc1ccc(C(C)NCC2(N(C)C)CCCC2)cc1. The monoisotopic (exact) mass is 290 g/mol. The molecule has 1 aliphatic carbocycles. The highest BCUT2D eigenvalue weighted by molar-refractivity contribution is 5.29. The molecular formula is C18H30N2O. The van der Waals surface area contributed by atoms with E-state index in [1.54, 1.807) is 0 Å². The van der Waals surface area contributed by atoms with Gasteiger partial charge in [0, 0.05) is 18.1 Å². The molecule has 118 valence electrons. The molecule has 0 heterocycles. The Hall–Kier alpha value is -1.06. The number of likely N-dealkylation sites (N-methyl/N-ethyl adjacent to an activating group) is 1. The second-order valence-corrected chi connectivity index (χ2v) is 6.43. The third kappa shape index (κ3) is 3.98. The highest BCUT2D eigenvalue weighted by Crippen LogP contribution is 2.33. The average Bonchev–Trinajstić information content (AvgIpc) is 2.96. The van der Waals surface area contributed by atoms with Crippen LogP contribution in [0.25, 0.3) is 0 Å². The van der Waals surface area contributed by atoms with Crippen LogP contribution < -0.4 is 10.1 Å². The van der Waals surface area contributed by atoms with Crippen molar-refractivity contribution in [2.45, 2.75) is 51.1 Å². The van der Waals surface area contributed by atoms with E-state index < -0.39 is 0 Å². The van der Waals surface area contributed by atoms with Gasteiger partial charge in [0.05, 0.1) is 6.61 Å². The molecule has 0 amide bonds. The van der Waals surface area contributed by atoms with E-state index in [1.165, 1.54) is 31.2 Å². The van der Waals surface area contributed by atoms with Crippen molar-refractivity contribution in [1.29, 1.82) is 0 Å². The van der Waals surface area contributed by atoms with Crippen molar-refractivity contribution in [3.8, 4) is 5.75 Å². The standard InChI is InChI=1S/C18H30N2O/c1-5-21-17-10-8-16(9-11-17)15(2)19-14-18(20(3)4)12-6-7-13-18/h8-11,15,19H,5-7,12-14H2,1-4H3. The van der Waals surface area contributed by atoms with Crippen LogP contribution in [0, 0.1) is 0 Å². The third-order valence-corrected chi connectivity index (χ3v) is 4.91. The van der Waals surface area contributed by atoms with Gasteiger partial charge in [-0.15, -0.1) is 0 Å². The molecule has 1 aromatic rings. The van der Waals surface area contributed by atoms with Crippen LogP contribution in [0.4, 0.5) is 0 Å². The minimum absolute atomic E-state index is 0.347. The molecule has 1 aliphatic rings. The first-order chi connectivity index (χ1) is 10.1. The van der Waals surface area contributed by atoms with Gasteiger partial charge in [0.2, 0.25) is 0 Å². The van der Waals surface area contributed by atoms with Gasteiger partial charge in [-0.25, -0.2) is 0 Å². The minimum atomic E-state index is 0.347. The summed E-state index contributed by atoms with van der Waals surface area (Å²) >= 11 is 0. The summed E-state index contributed by atoms with van der Waals surface area (Å²) in [5, 5.41) is 3.73. The molecule has 3 heteroatoms. The predicted molar refractivity (Wildman–Crippen MR) is 88.9 cm³/mol. The third-order valence-electron chi connectivity index (χ3n) is 4.91. The Morgan fingerprint density at radius 3 is 2.33 bits per heavy atom. The first-order valence-electron chi connectivity index (χ1n) is 8.21. The first kappa shape index (κ1) is 16.3. The van der Waals surface area contributed by atoms with Crippen LogP contribution in [0.1, 0.15) is 51.1 Å². The van der Waals surface area contributed by atoms with E-state index in [9.17, 15) is 0 Å². The fourth-order valence-corrected chi connectivity index (χ4v) is 3.30. The Morgan fingerprint density at radius 1 is 1.19 bits per heavy atom. The van der Waals surface area contributed by atoms with E-state index >= 15 is 0 Å². The van der Waals surface area contributed by atoms with Crippen molar-refractivity contribution in [2.24, 2.45) is 0 Å². The number of rotatable bonds is 7. The number of nitrogens with zero attached hydrogens (tertiary/aromatic N) is 1. The molecule has 0 bridgehead atoms. The molecular weight excluding hydrogens is 260 g/mol. The quantitative estimate of drug-likeness (QED) is 0.830. The van der Waals surface area contributed by atoms with E-state index in [4.69, 9.17) is 4.74 Å². The molecule has 1 saturated carbocycles. The molecule has 1 atom stereocenters. The van der Waals surface area contributed by atoms with E-state index in [-0.39, 0.29) is 0 Å². The minimum Gasteiger partial charge on any atom is -0.494 e. The van der Waals surface area contributed by atoms with Gasteiger partial charge < -0.3 is 15.0 Å². The molecule has 1 aromatic carbocycles. The lowest BCUT2D eigenvalue weighted by molar-refractivity contribution is 0.150. The summed E-state index contributed by atoms with van der Waals surface area (Å²) in [5.41, 5.74) is 1.67. The fraction of sp³-hybridized carbons (Fsp3) is 0.667. The zero-order valence-electron chi connectivity index (χ0n) is 14.0. The van der Waals surface area contributed by atoms with Gasteiger partial charge in [-0.1, -0.05) is 25.0 Å². The van der Waals surface area contributed by atoms with Crippen molar-refractivity contribution < 1.29 is 4.74 Å². The lowest BCUT2D eigenvalue weighted by atomic mass is 9.95. The zero-order valence-corrected chi connectivity index (χ0v) is 14.0. The molecule has 0 saturated heterocycles. The van der Waals surface area contributed by atoms with Crippen molar-refractivity contribution in [1.82, 2.24) is 10.2 Å². The number of benzene rings is 1. The highest BCUT2D eigenvalue weighted by Gasteiger charge is 2.35. The van der Waals surface area contributed by atoms with Crippen LogP contribution in [0.2, 0.25) is 0 Å². The maximum Gasteiger partial charge on any atom is 0.119 e. The zero-order chi connectivity index (χ0) is 15.3. The largest absolute Gasteiger partial charge is 0.494 e. The summed E-state index contributed by atoms with van der Waals surface area (Å²) in [7, 11) is 4.43. The smallest absolute Gasteiger partial charge is 0.119 e. The van der Waals surface area contributed by atoms with Crippen molar-refractivity contribution in [3.05, 3.63) is 29.8 Å². The van der Waals surface area contributed by atoms with Gasteiger partial charge in [-0.05, 0) is 58.5 Å². The van der Waals surface area contributed by atoms with E-state index in [1.807, 2.05) is 6.92 Å². The highest BCUT2D eigenvalue weighted by atomic mass is 16.5. The Kier molecular flexibility index (Phi) is 5.65. The lowest BCUT2D eigenvalue weighted by Gasteiger charge is -2.37. The van der Waals surface area contributed by atoms with Crippen LogP contribution in [0.15, 0.2) is 24.3 Å². The van der Waals surface area contributed by atoms with Crippen molar-refractivity contribution in [2.75, 3.05) is 27.2 Å². The summed E-state index contributed by atoms with van der Waals surface area (Å²) in [4.78, 5) is 2.41. The summed E-state index contributed by atoms with van der Waals surface area (Å²) in [5.74, 6) is 0.953. The maximum atomic E-state index is 5.50. The lowest BCUT2D eigenvalue weighted by Crippen LogP contribution is -2.50. The summed E-state index contributed by atoms with van der Waals surface area (Å²) in [6, 6.07) is 8.83. The van der Waals surface area contributed by atoms with Gasteiger partial charge in [0.1, 0.15) is 5.75 Å². The Labute approximate surface area is 129 Å². The molecule has 21 heavy (non-hydrogen) atoms. The fourth-order valence-electron chi connectivity index (χ4n) is 3.30. The topological polar surface area (TPSA) is 24.5 Å². The normalized spacial score (nSPS) is 18.9. The van der Waals surface area contributed by atoms with E-state index in [0.29, 0.717) is 11.6 Å². The molecule has 0 radical (unpaired) electrons. The van der Waals surface area contributed by atoms with Gasteiger partial charge in [0.15, 0.2) is 0 Å². The maximum absolute atomic E-state index is 5.50. The Bertz CT molecular complexity index is 421. The molecule has 1 unspecified atom stereocenters. The van der Waals surface area contributed by atoms with Crippen LogP contribution in [-0.2, 0) is 0 Å². The van der Waals surface area contributed by atoms with E-state index in [2.05, 4.69) is 55.5 Å². The molecule has 0 aromatic heterocycles. The van der Waals surface area contributed by atoms with Crippen molar-refractivity contribution >= 4 is 0 Å².